The number of pyridine rings is 1. The molecule has 1 aromatic heterocycles. The van der Waals surface area contributed by atoms with Gasteiger partial charge >= 0.3 is 0 Å². The van der Waals surface area contributed by atoms with Gasteiger partial charge in [0.1, 0.15) is 5.56 Å². The summed E-state index contributed by atoms with van der Waals surface area (Å²) in [6, 6.07) is 7.44. The molecule has 0 spiro atoms. The number of amides is 1. The quantitative estimate of drug-likeness (QED) is 0.681. The molecule has 0 unspecified atom stereocenters. The molecule has 0 aliphatic rings. The van der Waals surface area contributed by atoms with Gasteiger partial charge < -0.3 is 9.88 Å². The minimum Gasteiger partial charge on any atom is -0.367 e. The van der Waals surface area contributed by atoms with Crippen LogP contribution < -0.4 is 5.43 Å². The Balaban J connectivity index is 2.25. The molecule has 1 N–H and O–H groups in total. The number of nitro benzene ring substituents is 1. The van der Waals surface area contributed by atoms with Gasteiger partial charge in [-0.15, -0.1) is 0 Å². The number of nitrogens with one attached hydrogen (secondary N) is 1. The number of carbonyl (C=O) groups is 1. The van der Waals surface area contributed by atoms with Gasteiger partial charge in [0.25, 0.3) is 11.6 Å². The van der Waals surface area contributed by atoms with Crippen LogP contribution in [0.1, 0.15) is 15.9 Å². The van der Waals surface area contributed by atoms with Crippen LogP contribution in [0.5, 0.6) is 0 Å². The van der Waals surface area contributed by atoms with Gasteiger partial charge in [0.15, 0.2) is 5.43 Å². The van der Waals surface area contributed by atoms with Crippen molar-refractivity contribution in [1.29, 1.82) is 0 Å². The van der Waals surface area contributed by atoms with Gasteiger partial charge in [-0.25, -0.2) is 0 Å². The topological polar surface area (TPSA) is 96.3 Å². The van der Waals surface area contributed by atoms with Crippen molar-refractivity contribution >= 4 is 11.6 Å². The highest BCUT2D eigenvalue weighted by Gasteiger charge is 2.19. The second-order valence-corrected chi connectivity index (χ2v) is 4.47. The molecule has 7 nitrogen and oxygen atoms in total. The summed E-state index contributed by atoms with van der Waals surface area (Å²) in [6.45, 7) is 0.0460. The molecule has 108 valence electrons. The predicted octanol–water partition coefficient (Wildman–Crippen LogP) is 1.56. The molecule has 0 radical (unpaired) electrons. The van der Waals surface area contributed by atoms with Crippen molar-refractivity contribution in [2.45, 2.75) is 6.54 Å². The summed E-state index contributed by atoms with van der Waals surface area (Å²) in [7, 11) is 1.49. The van der Waals surface area contributed by atoms with Crippen LogP contribution in [0.25, 0.3) is 0 Å². The molecule has 0 saturated heterocycles. The molecular formula is C14H13N3O4. The number of aromatic nitrogens is 1. The van der Waals surface area contributed by atoms with Crippen LogP contribution in [0.4, 0.5) is 5.69 Å². The van der Waals surface area contributed by atoms with E-state index < -0.39 is 16.3 Å². The van der Waals surface area contributed by atoms with E-state index in [0.717, 1.165) is 0 Å². The first-order valence-electron chi connectivity index (χ1n) is 6.15. The van der Waals surface area contributed by atoms with Crippen molar-refractivity contribution in [2.24, 2.45) is 0 Å². The van der Waals surface area contributed by atoms with E-state index in [9.17, 15) is 19.7 Å². The van der Waals surface area contributed by atoms with Crippen molar-refractivity contribution in [1.82, 2.24) is 9.88 Å². The van der Waals surface area contributed by atoms with E-state index in [0.29, 0.717) is 5.56 Å². The Morgan fingerprint density at radius 3 is 2.71 bits per heavy atom. The normalized spacial score (nSPS) is 10.1. The summed E-state index contributed by atoms with van der Waals surface area (Å²) in [6.07, 6.45) is 2.75. The van der Waals surface area contributed by atoms with Gasteiger partial charge in [-0.05, 0) is 0 Å². The molecule has 21 heavy (non-hydrogen) atoms. The molecule has 1 amide bonds. The Labute approximate surface area is 120 Å². The van der Waals surface area contributed by atoms with Crippen LogP contribution in [0, 0.1) is 10.1 Å². The zero-order valence-electron chi connectivity index (χ0n) is 11.3. The first-order chi connectivity index (χ1) is 10.0. The summed E-state index contributed by atoms with van der Waals surface area (Å²) in [5, 5.41) is 10.9. The predicted molar refractivity (Wildman–Crippen MR) is 76.0 cm³/mol. The summed E-state index contributed by atoms with van der Waals surface area (Å²) < 4.78 is 0. The first kappa shape index (κ1) is 14.4. The van der Waals surface area contributed by atoms with E-state index in [2.05, 4.69) is 4.98 Å². The third kappa shape index (κ3) is 3.14. The molecule has 7 heteroatoms. The smallest absolute Gasteiger partial charge is 0.274 e. The molecule has 0 saturated carbocycles. The highest BCUT2D eigenvalue weighted by molar-refractivity contribution is 5.93. The number of hydrogen-bond acceptors (Lipinski definition) is 4. The third-order valence-electron chi connectivity index (χ3n) is 3.00. The van der Waals surface area contributed by atoms with E-state index in [1.54, 1.807) is 18.2 Å². The van der Waals surface area contributed by atoms with Gasteiger partial charge in [0.05, 0.1) is 11.5 Å². The van der Waals surface area contributed by atoms with Crippen molar-refractivity contribution in [3.05, 3.63) is 74.2 Å². The lowest BCUT2D eigenvalue weighted by molar-refractivity contribution is -0.385. The summed E-state index contributed by atoms with van der Waals surface area (Å²) in [5.41, 5.74) is -0.0448. The van der Waals surface area contributed by atoms with Gasteiger partial charge in [-0.2, -0.15) is 0 Å². The van der Waals surface area contributed by atoms with Gasteiger partial charge in [0, 0.05) is 37.1 Å². The maximum absolute atomic E-state index is 12.2. The standard InChI is InChI=1S/C14H13N3O4/c1-16(14(19)11-8-15-7-6-13(11)18)9-10-4-2-3-5-12(10)17(20)21/h2-8H,9H2,1H3,(H,15,18). The zero-order chi connectivity index (χ0) is 15.4. The van der Waals surface area contributed by atoms with Gasteiger partial charge in [-0.1, -0.05) is 18.2 Å². The maximum Gasteiger partial charge on any atom is 0.274 e. The van der Waals surface area contributed by atoms with Crippen molar-refractivity contribution < 1.29 is 9.72 Å². The molecule has 1 aromatic carbocycles. The highest BCUT2D eigenvalue weighted by Crippen LogP contribution is 2.19. The Hall–Kier alpha value is -2.96. The van der Waals surface area contributed by atoms with E-state index >= 15 is 0 Å². The molecule has 0 aliphatic heterocycles. The van der Waals surface area contributed by atoms with Crippen LogP contribution in [0.3, 0.4) is 0 Å². The molecule has 0 bridgehead atoms. The number of aromatic amines is 1. The molecule has 0 atom stereocenters. The van der Waals surface area contributed by atoms with Crippen molar-refractivity contribution in [3.8, 4) is 0 Å². The number of carbonyl (C=O) groups excluding carboxylic acids is 1. The van der Waals surface area contributed by atoms with Gasteiger partial charge in [-0.3, -0.25) is 19.7 Å². The molecule has 1 heterocycles. The van der Waals surface area contributed by atoms with Crippen LogP contribution >= 0.6 is 0 Å². The van der Waals surface area contributed by atoms with E-state index in [-0.39, 0.29) is 17.8 Å². The second kappa shape index (κ2) is 6.00. The summed E-state index contributed by atoms with van der Waals surface area (Å²) in [4.78, 5) is 38.2. The summed E-state index contributed by atoms with van der Waals surface area (Å²) >= 11 is 0. The molecular weight excluding hydrogens is 274 g/mol. The molecule has 0 aliphatic carbocycles. The maximum atomic E-state index is 12.2. The van der Waals surface area contributed by atoms with E-state index in [4.69, 9.17) is 0 Å². The lowest BCUT2D eigenvalue weighted by atomic mass is 10.1. The SMILES string of the molecule is CN(Cc1ccccc1[N+](=O)[O-])C(=O)c1c[nH]ccc1=O. The van der Waals surface area contributed by atoms with Crippen LogP contribution in [0.15, 0.2) is 47.5 Å². The molecule has 2 rings (SSSR count). The number of nitro groups is 1. The molecule has 0 fully saturated rings. The number of rotatable bonds is 4. The number of para-hydroxylation sites is 1. The van der Waals surface area contributed by atoms with Crippen molar-refractivity contribution in [3.63, 3.8) is 0 Å². The zero-order valence-corrected chi connectivity index (χ0v) is 11.3. The average molecular weight is 287 g/mol. The van der Waals surface area contributed by atoms with Crippen LogP contribution in [-0.2, 0) is 6.54 Å². The fourth-order valence-corrected chi connectivity index (χ4v) is 1.94. The lowest BCUT2D eigenvalue weighted by Gasteiger charge is -2.16. The fraction of sp³-hybridized carbons (Fsp3) is 0.143. The molecule has 2 aromatic rings. The minimum absolute atomic E-state index is 0.00131. The Bertz CT molecular complexity index is 739. The van der Waals surface area contributed by atoms with E-state index in [1.807, 2.05) is 0 Å². The highest BCUT2D eigenvalue weighted by atomic mass is 16.6. The average Bonchev–Trinajstić information content (AvgIpc) is 2.47. The van der Waals surface area contributed by atoms with Crippen molar-refractivity contribution in [2.75, 3.05) is 7.05 Å². The van der Waals surface area contributed by atoms with E-state index in [1.165, 1.54) is 36.5 Å². The van der Waals surface area contributed by atoms with Crippen LogP contribution in [-0.4, -0.2) is 27.8 Å². The Kier molecular flexibility index (Phi) is 4.13. The Morgan fingerprint density at radius 2 is 2.05 bits per heavy atom. The monoisotopic (exact) mass is 287 g/mol. The largest absolute Gasteiger partial charge is 0.367 e. The first-order valence-corrected chi connectivity index (χ1v) is 6.15. The number of nitrogens with zero attached hydrogens (tertiary/aromatic N) is 2. The minimum atomic E-state index is -0.497. The summed E-state index contributed by atoms with van der Waals surface area (Å²) in [5.74, 6) is -0.491. The van der Waals surface area contributed by atoms with Gasteiger partial charge in [0.2, 0.25) is 0 Å². The van der Waals surface area contributed by atoms with Crippen LogP contribution in [0.2, 0.25) is 0 Å². The number of hydrogen-bond donors (Lipinski definition) is 1. The third-order valence-corrected chi connectivity index (χ3v) is 3.00. The lowest BCUT2D eigenvalue weighted by Crippen LogP contribution is -2.30. The second-order valence-electron chi connectivity index (χ2n) is 4.47. The Morgan fingerprint density at radius 1 is 1.33 bits per heavy atom. The number of H-pyrrole nitrogens is 1. The fourth-order valence-electron chi connectivity index (χ4n) is 1.94. The number of benzene rings is 1.